The van der Waals surface area contributed by atoms with Gasteiger partial charge in [0.25, 0.3) is 0 Å². The van der Waals surface area contributed by atoms with Gasteiger partial charge in [-0.05, 0) is 110 Å². The van der Waals surface area contributed by atoms with E-state index in [4.69, 9.17) is 0 Å². The van der Waals surface area contributed by atoms with Gasteiger partial charge in [-0.15, -0.1) is 0 Å². The zero-order chi connectivity index (χ0) is 29.1. The van der Waals surface area contributed by atoms with Gasteiger partial charge in [0.2, 0.25) is 0 Å². The lowest BCUT2D eigenvalue weighted by Crippen LogP contribution is -2.28. The predicted molar refractivity (Wildman–Crippen MR) is 184 cm³/mol. The zero-order valence-electron chi connectivity index (χ0n) is 24.4. The lowest BCUT2D eigenvalue weighted by molar-refractivity contribution is 0.714. The third kappa shape index (κ3) is 3.66. The van der Waals surface area contributed by atoms with Crippen molar-refractivity contribution in [3.63, 3.8) is 0 Å². The summed E-state index contributed by atoms with van der Waals surface area (Å²) in [5.41, 5.74) is 18.1. The third-order valence-electron chi connectivity index (χ3n) is 9.77. The molecule has 1 spiro atoms. The number of nitrogens with one attached hydrogen (secondary N) is 1. The fourth-order valence-electron chi connectivity index (χ4n) is 7.88. The molecule has 1 N–H and O–H groups in total. The van der Waals surface area contributed by atoms with E-state index in [1.54, 1.807) is 0 Å². The van der Waals surface area contributed by atoms with Gasteiger partial charge in [0.15, 0.2) is 0 Å². The van der Waals surface area contributed by atoms with E-state index < -0.39 is 0 Å². The van der Waals surface area contributed by atoms with Crippen LogP contribution in [-0.2, 0) is 5.41 Å². The van der Waals surface area contributed by atoms with Crippen molar-refractivity contribution in [3.8, 4) is 33.4 Å². The highest BCUT2D eigenvalue weighted by Crippen LogP contribution is 2.64. The van der Waals surface area contributed by atoms with Gasteiger partial charge in [-0.3, -0.25) is 0 Å². The van der Waals surface area contributed by atoms with Crippen LogP contribution in [0.4, 0.5) is 11.4 Å². The molecule has 3 aliphatic carbocycles. The average molecular weight is 562 g/mol. The summed E-state index contributed by atoms with van der Waals surface area (Å²) < 4.78 is 0. The van der Waals surface area contributed by atoms with Crippen LogP contribution in [0.5, 0.6) is 0 Å². The van der Waals surface area contributed by atoms with Crippen LogP contribution in [0.2, 0.25) is 0 Å². The largest absolute Gasteiger partial charge is 0.356 e. The quantitative estimate of drug-likeness (QED) is 0.226. The molecule has 6 aromatic rings. The minimum atomic E-state index is -0.305. The molecule has 1 heteroatoms. The second kappa shape index (κ2) is 9.82. The molecule has 0 amide bonds. The van der Waals surface area contributed by atoms with Crippen LogP contribution in [-0.4, -0.2) is 0 Å². The van der Waals surface area contributed by atoms with Gasteiger partial charge in [0.05, 0.1) is 5.41 Å². The Bertz CT molecular complexity index is 2120. The lowest BCUT2D eigenvalue weighted by Gasteiger charge is -2.34. The molecule has 44 heavy (non-hydrogen) atoms. The lowest BCUT2D eigenvalue weighted by atomic mass is 9.68. The first-order chi connectivity index (χ1) is 21.8. The molecule has 0 aromatic heterocycles. The summed E-state index contributed by atoms with van der Waals surface area (Å²) in [6, 6.07) is 53.4. The number of anilines is 2. The van der Waals surface area contributed by atoms with Gasteiger partial charge in [-0.1, -0.05) is 127 Å². The standard InChI is InChI=1S/C43H31N/c1-3-11-29(12-4-1)31-19-22-33(23-20-31)44-34-24-26-38-37-25-21-32(30-13-5-2-6-14-30)27-41(37)43(42(38)28-34)39-17-9-7-15-35(39)36-16-8-10-18-40(36)43/h1-9,11-17,19-28,44H,10,18H2. The minimum Gasteiger partial charge on any atom is -0.356 e. The second-order valence-electron chi connectivity index (χ2n) is 12.1. The van der Waals surface area contributed by atoms with Gasteiger partial charge in [0, 0.05) is 11.4 Å². The van der Waals surface area contributed by atoms with Crippen LogP contribution in [0.15, 0.2) is 163 Å². The average Bonchev–Trinajstić information content (AvgIpc) is 3.56. The van der Waals surface area contributed by atoms with Crippen LogP contribution >= 0.6 is 0 Å². The highest BCUT2D eigenvalue weighted by Gasteiger charge is 2.52. The van der Waals surface area contributed by atoms with Crippen LogP contribution in [0.3, 0.4) is 0 Å². The summed E-state index contributed by atoms with van der Waals surface area (Å²) in [7, 11) is 0. The molecular formula is C43H31N. The highest BCUT2D eigenvalue weighted by atomic mass is 14.9. The van der Waals surface area contributed by atoms with E-state index in [9.17, 15) is 0 Å². The van der Waals surface area contributed by atoms with E-state index in [1.807, 2.05) is 0 Å². The predicted octanol–water partition coefficient (Wildman–Crippen LogP) is 11.2. The van der Waals surface area contributed by atoms with E-state index in [0.29, 0.717) is 0 Å². The summed E-state index contributed by atoms with van der Waals surface area (Å²) >= 11 is 0. The summed E-state index contributed by atoms with van der Waals surface area (Å²) in [4.78, 5) is 0. The summed E-state index contributed by atoms with van der Waals surface area (Å²) in [6.07, 6.45) is 6.86. The van der Waals surface area contributed by atoms with Gasteiger partial charge in [0.1, 0.15) is 0 Å². The monoisotopic (exact) mass is 561 g/mol. The maximum atomic E-state index is 3.75. The Labute approximate surface area is 258 Å². The van der Waals surface area contributed by atoms with Crippen molar-refractivity contribution < 1.29 is 0 Å². The van der Waals surface area contributed by atoms with E-state index in [1.165, 1.54) is 66.8 Å². The SMILES string of the molecule is C1=CC2=C(CC1)C1(c3ccccc32)c2cc(Nc3ccc(-c4ccccc4)cc3)ccc2-c2ccc(-c3ccccc3)cc21. The fourth-order valence-corrected chi connectivity index (χ4v) is 7.88. The molecule has 0 saturated heterocycles. The summed E-state index contributed by atoms with van der Waals surface area (Å²) in [5, 5.41) is 3.75. The van der Waals surface area contributed by atoms with Crippen molar-refractivity contribution in [3.05, 3.63) is 186 Å². The zero-order valence-corrected chi connectivity index (χ0v) is 24.4. The highest BCUT2D eigenvalue weighted by molar-refractivity contribution is 5.98. The Morgan fingerprint density at radius 3 is 1.82 bits per heavy atom. The molecule has 3 aliphatic rings. The van der Waals surface area contributed by atoms with Gasteiger partial charge in [-0.25, -0.2) is 0 Å². The Kier molecular flexibility index (Phi) is 5.61. The summed E-state index contributed by atoms with van der Waals surface area (Å²) in [6.45, 7) is 0. The van der Waals surface area contributed by atoms with Crippen LogP contribution < -0.4 is 5.32 Å². The number of hydrogen-bond acceptors (Lipinski definition) is 1. The van der Waals surface area contributed by atoms with Gasteiger partial charge in [-0.2, -0.15) is 0 Å². The molecule has 1 nitrogen and oxygen atoms in total. The Hall–Kier alpha value is -5.40. The topological polar surface area (TPSA) is 12.0 Å². The van der Waals surface area contributed by atoms with Crippen LogP contribution in [0.1, 0.15) is 35.1 Å². The Balaban J connectivity index is 1.22. The Morgan fingerprint density at radius 1 is 0.455 bits per heavy atom. The molecule has 1 atom stereocenters. The number of hydrogen-bond donors (Lipinski definition) is 1. The van der Waals surface area contributed by atoms with Crippen molar-refractivity contribution >= 4 is 16.9 Å². The molecule has 0 fully saturated rings. The van der Waals surface area contributed by atoms with Crippen molar-refractivity contribution in [2.75, 3.05) is 5.32 Å². The molecule has 0 saturated carbocycles. The first-order valence-corrected chi connectivity index (χ1v) is 15.6. The first-order valence-electron chi connectivity index (χ1n) is 15.6. The van der Waals surface area contributed by atoms with Crippen molar-refractivity contribution in [1.82, 2.24) is 0 Å². The molecule has 9 rings (SSSR count). The van der Waals surface area contributed by atoms with E-state index in [2.05, 4.69) is 163 Å². The van der Waals surface area contributed by atoms with Crippen molar-refractivity contribution in [2.24, 2.45) is 0 Å². The van der Waals surface area contributed by atoms with E-state index >= 15 is 0 Å². The smallest absolute Gasteiger partial charge is 0.0689 e. The Morgan fingerprint density at radius 2 is 1.05 bits per heavy atom. The maximum Gasteiger partial charge on any atom is 0.0689 e. The minimum absolute atomic E-state index is 0.305. The molecule has 6 aromatic carbocycles. The number of benzene rings is 6. The first kappa shape index (κ1) is 25.1. The normalized spacial score (nSPS) is 17.3. The van der Waals surface area contributed by atoms with Crippen molar-refractivity contribution in [2.45, 2.75) is 18.3 Å². The van der Waals surface area contributed by atoms with E-state index in [-0.39, 0.29) is 5.41 Å². The summed E-state index contributed by atoms with van der Waals surface area (Å²) in [5.74, 6) is 0. The molecule has 208 valence electrons. The molecule has 0 heterocycles. The van der Waals surface area contributed by atoms with Crippen molar-refractivity contribution in [1.29, 1.82) is 0 Å². The van der Waals surface area contributed by atoms with Gasteiger partial charge >= 0.3 is 0 Å². The number of allylic oxidation sites excluding steroid dienone is 4. The third-order valence-corrected chi connectivity index (χ3v) is 9.77. The van der Waals surface area contributed by atoms with Crippen LogP contribution in [0, 0.1) is 0 Å². The maximum absolute atomic E-state index is 3.75. The fraction of sp³-hybridized carbons (Fsp3) is 0.0698. The number of rotatable bonds is 4. The number of fused-ring (bicyclic) bond motifs is 9. The van der Waals surface area contributed by atoms with Gasteiger partial charge < -0.3 is 5.32 Å². The molecule has 0 bridgehead atoms. The molecule has 0 radical (unpaired) electrons. The van der Waals surface area contributed by atoms with Crippen LogP contribution in [0.25, 0.3) is 39.0 Å². The molecule has 1 unspecified atom stereocenters. The molecular weight excluding hydrogens is 530 g/mol. The van der Waals surface area contributed by atoms with E-state index in [0.717, 1.165) is 24.2 Å². The molecule has 0 aliphatic heterocycles. The second-order valence-corrected chi connectivity index (χ2v) is 12.1.